The average molecular weight is 425 g/mol. The highest BCUT2D eigenvalue weighted by molar-refractivity contribution is 5.93. The molecule has 1 fully saturated rings. The van der Waals surface area contributed by atoms with E-state index >= 15 is 0 Å². The van der Waals surface area contributed by atoms with Crippen LogP contribution in [0.15, 0.2) is 24.4 Å². The number of hydrogen-bond donors (Lipinski definition) is 1. The van der Waals surface area contributed by atoms with E-state index in [-0.39, 0.29) is 17.9 Å². The zero-order chi connectivity index (χ0) is 22.9. The Morgan fingerprint density at radius 1 is 1.26 bits per heavy atom. The maximum absolute atomic E-state index is 13.6. The summed E-state index contributed by atoms with van der Waals surface area (Å²) in [5, 5.41) is 0. The van der Waals surface area contributed by atoms with Crippen molar-refractivity contribution in [2.24, 2.45) is 5.73 Å². The lowest BCUT2D eigenvalue weighted by Crippen LogP contribution is -2.49. The molecule has 1 aliphatic rings. The first kappa shape index (κ1) is 22.7. The highest BCUT2D eigenvalue weighted by atomic mass is 16.5. The number of aromatic nitrogens is 2. The lowest BCUT2D eigenvalue weighted by Gasteiger charge is -2.34. The Bertz CT molecular complexity index is 1000. The monoisotopic (exact) mass is 424 g/mol. The van der Waals surface area contributed by atoms with Gasteiger partial charge in [0.2, 0.25) is 0 Å². The number of amides is 2. The number of nitrogens with two attached hydrogens (primary N) is 1. The van der Waals surface area contributed by atoms with Crippen LogP contribution in [0.3, 0.4) is 0 Å². The summed E-state index contributed by atoms with van der Waals surface area (Å²) in [6, 6.07) is 5.85. The van der Waals surface area contributed by atoms with Crippen LogP contribution < -0.4 is 10.5 Å². The molecule has 0 radical (unpaired) electrons. The number of carbonyl (C=O) groups excluding carboxylic acids is 2. The van der Waals surface area contributed by atoms with E-state index in [4.69, 9.17) is 10.5 Å². The predicted molar refractivity (Wildman–Crippen MR) is 119 cm³/mol. The Hall–Kier alpha value is -2.96. The molecule has 2 aromatic rings. The molecule has 0 spiro atoms. The summed E-state index contributed by atoms with van der Waals surface area (Å²) in [4.78, 5) is 35.7. The number of primary amides is 1. The van der Waals surface area contributed by atoms with Crippen LogP contribution in [0.4, 0.5) is 0 Å². The van der Waals surface area contributed by atoms with Gasteiger partial charge in [0, 0.05) is 12.7 Å². The fourth-order valence-electron chi connectivity index (χ4n) is 4.04. The van der Waals surface area contributed by atoms with E-state index in [1.165, 1.54) is 6.20 Å². The molecular formula is C24H32N4O3. The van der Waals surface area contributed by atoms with Crippen LogP contribution in [0.25, 0.3) is 0 Å². The Morgan fingerprint density at radius 2 is 1.97 bits per heavy atom. The number of carbonyl (C=O) groups is 2. The van der Waals surface area contributed by atoms with Gasteiger partial charge in [0.25, 0.3) is 11.8 Å². The quantitative estimate of drug-likeness (QED) is 0.760. The van der Waals surface area contributed by atoms with Gasteiger partial charge in [-0.1, -0.05) is 26.0 Å². The van der Waals surface area contributed by atoms with Gasteiger partial charge < -0.3 is 15.4 Å². The van der Waals surface area contributed by atoms with Crippen molar-refractivity contribution in [1.82, 2.24) is 14.9 Å². The van der Waals surface area contributed by atoms with Crippen molar-refractivity contribution in [2.45, 2.75) is 71.9 Å². The number of nitrogens with zero attached hydrogens (tertiary/aromatic N) is 3. The maximum atomic E-state index is 13.6. The molecule has 0 bridgehead atoms. The molecule has 1 aromatic heterocycles. The lowest BCUT2D eigenvalue weighted by molar-refractivity contribution is -0.146. The molecule has 1 aromatic carbocycles. The van der Waals surface area contributed by atoms with E-state index in [0.29, 0.717) is 23.6 Å². The van der Waals surface area contributed by atoms with E-state index in [1.807, 2.05) is 13.0 Å². The van der Waals surface area contributed by atoms with Crippen LogP contribution >= 0.6 is 0 Å². The molecule has 31 heavy (non-hydrogen) atoms. The molecule has 1 unspecified atom stereocenters. The van der Waals surface area contributed by atoms with Crippen molar-refractivity contribution >= 4 is 11.8 Å². The first-order valence-corrected chi connectivity index (χ1v) is 10.7. The second-order valence-corrected chi connectivity index (χ2v) is 9.06. The molecule has 7 nitrogen and oxygen atoms in total. The summed E-state index contributed by atoms with van der Waals surface area (Å²) in [5.74, 6) is 0.884. The molecule has 2 amide bonds. The highest BCUT2D eigenvalue weighted by Crippen LogP contribution is 2.35. The molecule has 0 aliphatic carbocycles. The van der Waals surface area contributed by atoms with E-state index in [0.717, 1.165) is 29.7 Å². The van der Waals surface area contributed by atoms with Crippen LogP contribution in [0.5, 0.6) is 5.75 Å². The highest BCUT2D eigenvalue weighted by Gasteiger charge is 2.41. The van der Waals surface area contributed by atoms with Crippen molar-refractivity contribution in [2.75, 3.05) is 6.54 Å². The molecular weight excluding hydrogens is 392 g/mol. The van der Waals surface area contributed by atoms with Gasteiger partial charge in [-0.2, -0.15) is 0 Å². The molecule has 2 N–H and O–H groups in total. The number of aryl methyl sites for hydroxylation is 2. The topological polar surface area (TPSA) is 98.4 Å². The third kappa shape index (κ3) is 4.70. The Kier molecular flexibility index (Phi) is 6.34. The minimum atomic E-state index is -1.05. The first-order valence-electron chi connectivity index (χ1n) is 10.7. The van der Waals surface area contributed by atoms with Crippen molar-refractivity contribution in [3.63, 3.8) is 0 Å². The zero-order valence-electron chi connectivity index (χ0n) is 19.2. The van der Waals surface area contributed by atoms with Crippen LogP contribution in [-0.4, -0.2) is 38.8 Å². The van der Waals surface area contributed by atoms with E-state index in [1.54, 1.807) is 25.7 Å². The summed E-state index contributed by atoms with van der Waals surface area (Å²) in [6.07, 6.45) is 3.07. The van der Waals surface area contributed by atoms with Crippen LogP contribution in [0.2, 0.25) is 0 Å². The Morgan fingerprint density at radius 3 is 2.58 bits per heavy atom. The van der Waals surface area contributed by atoms with Gasteiger partial charge in [-0.3, -0.25) is 9.59 Å². The molecule has 1 atom stereocenters. The first-order chi connectivity index (χ1) is 14.5. The largest absolute Gasteiger partial charge is 0.478 e. The molecule has 3 rings (SSSR count). The Balaban J connectivity index is 1.86. The maximum Gasteiger partial charge on any atom is 0.266 e. The second-order valence-electron chi connectivity index (χ2n) is 9.06. The SMILES string of the molecule is Cc1ccc(C(C)C)c(OC(C)(C)C(=O)N2CCCC2c2ncc(C(N)=O)c(C)n2)c1. The minimum Gasteiger partial charge on any atom is -0.478 e. The van der Waals surface area contributed by atoms with Crippen LogP contribution in [0.1, 0.15) is 85.5 Å². The van der Waals surface area contributed by atoms with Crippen LogP contribution in [-0.2, 0) is 4.79 Å². The summed E-state index contributed by atoms with van der Waals surface area (Å²) < 4.78 is 6.31. The summed E-state index contributed by atoms with van der Waals surface area (Å²) in [6.45, 7) is 12.2. The molecule has 1 aliphatic heterocycles. The van der Waals surface area contributed by atoms with Crippen LogP contribution in [0, 0.1) is 13.8 Å². The van der Waals surface area contributed by atoms with Gasteiger partial charge in [0.1, 0.15) is 5.75 Å². The lowest BCUT2D eigenvalue weighted by atomic mass is 9.99. The molecule has 1 saturated heterocycles. The van der Waals surface area contributed by atoms with Gasteiger partial charge in [0.15, 0.2) is 11.4 Å². The minimum absolute atomic E-state index is 0.105. The second kappa shape index (κ2) is 8.65. The molecule has 166 valence electrons. The van der Waals surface area contributed by atoms with Gasteiger partial charge in [-0.25, -0.2) is 9.97 Å². The van der Waals surface area contributed by atoms with Gasteiger partial charge in [-0.15, -0.1) is 0 Å². The molecule has 2 heterocycles. The summed E-state index contributed by atoms with van der Waals surface area (Å²) >= 11 is 0. The number of benzene rings is 1. The van der Waals surface area contributed by atoms with E-state index in [9.17, 15) is 9.59 Å². The fourth-order valence-corrected chi connectivity index (χ4v) is 4.04. The average Bonchev–Trinajstić information content (AvgIpc) is 3.16. The zero-order valence-corrected chi connectivity index (χ0v) is 19.2. The number of ether oxygens (including phenoxy) is 1. The third-order valence-electron chi connectivity index (χ3n) is 5.75. The van der Waals surface area contributed by atoms with E-state index < -0.39 is 11.5 Å². The van der Waals surface area contributed by atoms with Crippen molar-refractivity contribution in [3.05, 3.63) is 52.6 Å². The molecule has 7 heteroatoms. The van der Waals surface area contributed by atoms with E-state index in [2.05, 4.69) is 35.9 Å². The predicted octanol–water partition coefficient (Wildman–Crippen LogP) is 3.84. The number of likely N-dealkylation sites (tertiary alicyclic amines) is 1. The fraction of sp³-hybridized carbons (Fsp3) is 0.500. The number of rotatable bonds is 6. The van der Waals surface area contributed by atoms with Crippen molar-refractivity contribution < 1.29 is 14.3 Å². The van der Waals surface area contributed by atoms with Crippen molar-refractivity contribution in [1.29, 1.82) is 0 Å². The third-order valence-corrected chi connectivity index (χ3v) is 5.75. The smallest absolute Gasteiger partial charge is 0.266 e. The summed E-state index contributed by atoms with van der Waals surface area (Å²) in [7, 11) is 0. The van der Waals surface area contributed by atoms with Crippen molar-refractivity contribution in [3.8, 4) is 5.75 Å². The standard InChI is InChI=1S/C24H32N4O3/c1-14(2)17-10-9-15(3)12-20(17)31-24(5,6)23(30)28-11-7-8-19(28)22-26-13-18(21(25)29)16(4)27-22/h9-10,12-14,19H,7-8,11H2,1-6H3,(H2,25,29). The van der Waals surface area contributed by atoms with Gasteiger partial charge in [-0.05, 0) is 63.6 Å². The summed E-state index contributed by atoms with van der Waals surface area (Å²) in [5.41, 5.74) is 7.29. The molecule has 0 saturated carbocycles. The van der Waals surface area contributed by atoms with Gasteiger partial charge >= 0.3 is 0 Å². The normalized spacial score (nSPS) is 16.6. The van der Waals surface area contributed by atoms with Gasteiger partial charge in [0.05, 0.1) is 17.3 Å². The number of hydrogen-bond acceptors (Lipinski definition) is 5. The Labute approximate surface area is 184 Å².